The van der Waals surface area contributed by atoms with Crippen molar-refractivity contribution < 1.29 is 29.1 Å². The van der Waals surface area contributed by atoms with Crippen LogP contribution in [0.2, 0.25) is 0 Å². The number of carboxylic acids is 1. The number of nitrogens with one attached hydrogen (secondary N) is 2. The molecule has 1 heterocycles. The maximum atomic E-state index is 12.2. The molecule has 9 heteroatoms. The van der Waals surface area contributed by atoms with Crippen LogP contribution >= 0.6 is 0 Å². The highest BCUT2D eigenvalue weighted by molar-refractivity contribution is 6.22. The second-order valence-corrected chi connectivity index (χ2v) is 6.61. The molecule has 1 aromatic carbocycles. The van der Waals surface area contributed by atoms with Crippen LogP contribution in [0.5, 0.6) is 0 Å². The standard InChI is InChI=1S/C18H21N3O6/c1-10(2)7-13(18(26)27)20-14(22)8-19-15(23)9-21-16(24)11-5-3-4-6-12(11)17(21)25/h3-6,10,13H,7-9H2,1-2H3,(H,19,23)(H,20,22)(H,26,27)/t13-/m0/s1. The third-order valence-corrected chi connectivity index (χ3v) is 3.97. The summed E-state index contributed by atoms with van der Waals surface area (Å²) in [5.41, 5.74) is 0.456. The predicted octanol–water partition coefficient (Wildman–Crippen LogP) is 0.0143. The van der Waals surface area contributed by atoms with Gasteiger partial charge in [0.05, 0.1) is 17.7 Å². The zero-order chi connectivity index (χ0) is 20.1. The first-order chi connectivity index (χ1) is 12.7. The molecule has 2 rings (SSSR count). The van der Waals surface area contributed by atoms with Gasteiger partial charge in [-0.2, -0.15) is 0 Å². The number of benzene rings is 1. The first kappa shape index (κ1) is 20.1. The minimum absolute atomic E-state index is 0.0646. The molecule has 1 aliphatic heterocycles. The van der Waals surface area contributed by atoms with Gasteiger partial charge >= 0.3 is 5.97 Å². The fraction of sp³-hybridized carbons (Fsp3) is 0.389. The molecule has 1 atom stereocenters. The van der Waals surface area contributed by atoms with E-state index in [9.17, 15) is 24.0 Å². The molecule has 3 N–H and O–H groups in total. The average molecular weight is 375 g/mol. The van der Waals surface area contributed by atoms with Gasteiger partial charge in [0.2, 0.25) is 11.8 Å². The molecule has 0 bridgehead atoms. The Morgan fingerprint density at radius 1 is 1.04 bits per heavy atom. The summed E-state index contributed by atoms with van der Waals surface area (Å²) in [6.07, 6.45) is 0.254. The third-order valence-electron chi connectivity index (χ3n) is 3.97. The molecule has 0 unspecified atom stereocenters. The highest BCUT2D eigenvalue weighted by Crippen LogP contribution is 2.21. The molecule has 9 nitrogen and oxygen atoms in total. The van der Waals surface area contributed by atoms with Crippen molar-refractivity contribution in [3.63, 3.8) is 0 Å². The second kappa shape index (κ2) is 8.43. The van der Waals surface area contributed by atoms with E-state index in [2.05, 4.69) is 10.6 Å². The number of amides is 4. The lowest BCUT2D eigenvalue weighted by molar-refractivity contribution is -0.142. The van der Waals surface area contributed by atoms with Crippen LogP contribution in [-0.4, -0.2) is 58.7 Å². The lowest BCUT2D eigenvalue weighted by Gasteiger charge is -2.17. The topological polar surface area (TPSA) is 133 Å². The number of hydrogen-bond acceptors (Lipinski definition) is 5. The van der Waals surface area contributed by atoms with Crippen molar-refractivity contribution in [1.82, 2.24) is 15.5 Å². The summed E-state index contributed by atoms with van der Waals surface area (Å²) in [6.45, 7) is 2.68. The first-order valence-electron chi connectivity index (χ1n) is 8.44. The monoisotopic (exact) mass is 375 g/mol. The number of nitrogens with zero attached hydrogens (tertiary/aromatic N) is 1. The molecule has 27 heavy (non-hydrogen) atoms. The van der Waals surface area contributed by atoms with E-state index in [0.717, 1.165) is 4.90 Å². The van der Waals surface area contributed by atoms with Gasteiger partial charge in [-0.1, -0.05) is 26.0 Å². The van der Waals surface area contributed by atoms with Crippen LogP contribution in [0.15, 0.2) is 24.3 Å². The summed E-state index contributed by atoms with van der Waals surface area (Å²) in [5, 5.41) is 13.7. The molecule has 0 aliphatic carbocycles. The summed E-state index contributed by atoms with van der Waals surface area (Å²) < 4.78 is 0. The Labute approximate surface area is 155 Å². The number of carbonyl (C=O) groups is 5. The van der Waals surface area contributed by atoms with Crippen LogP contribution < -0.4 is 10.6 Å². The van der Waals surface area contributed by atoms with Gasteiger partial charge in [-0.15, -0.1) is 0 Å². The van der Waals surface area contributed by atoms with E-state index in [1.165, 1.54) is 12.1 Å². The van der Waals surface area contributed by atoms with Crippen LogP contribution in [0.1, 0.15) is 41.0 Å². The maximum Gasteiger partial charge on any atom is 0.326 e. The fourth-order valence-electron chi connectivity index (χ4n) is 2.70. The van der Waals surface area contributed by atoms with Crippen LogP contribution in [0.4, 0.5) is 0 Å². The Kier molecular flexibility index (Phi) is 6.27. The van der Waals surface area contributed by atoms with Gasteiger partial charge in [0.15, 0.2) is 0 Å². The van der Waals surface area contributed by atoms with Crippen molar-refractivity contribution in [2.75, 3.05) is 13.1 Å². The Balaban J connectivity index is 1.86. The van der Waals surface area contributed by atoms with Gasteiger partial charge < -0.3 is 15.7 Å². The maximum absolute atomic E-state index is 12.2. The SMILES string of the molecule is CC(C)C[C@H](NC(=O)CNC(=O)CN1C(=O)c2ccccc2C1=O)C(=O)O. The van der Waals surface area contributed by atoms with Crippen LogP contribution in [0.25, 0.3) is 0 Å². The van der Waals surface area contributed by atoms with E-state index in [4.69, 9.17) is 5.11 Å². The molecule has 1 aliphatic rings. The molecular weight excluding hydrogens is 354 g/mol. The highest BCUT2D eigenvalue weighted by atomic mass is 16.4. The fourth-order valence-corrected chi connectivity index (χ4v) is 2.70. The zero-order valence-electron chi connectivity index (χ0n) is 15.0. The van der Waals surface area contributed by atoms with Crippen molar-refractivity contribution in [1.29, 1.82) is 0 Å². The average Bonchev–Trinajstić information content (AvgIpc) is 2.84. The molecule has 0 saturated carbocycles. The number of hydrogen-bond donors (Lipinski definition) is 3. The van der Waals surface area contributed by atoms with Gasteiger partial charge in [0.25, 0.3) is 11.8 Å². The quantitative estimate of drug-likeness (QED) is 0.549. The molecule has 4 amide bonds. The molecule has 0 saturated heterocycles. The first-order valence-corrected chi connectivity index (χ1v) is 8.44. The van der Waals surface area contributed by atoms with Gasteiger partial charge in [-0.3, -0.25) is 24.1 Å². The number of rotatable bonds is 8. The largest absolute Gasteiger partial charge is 0.480 e. The number of aliphatic carboxylic acids is 1. The van der Waals surface area contributed by atoms with Crippen molar-refractivity contribution in [2.24, 2.45) is 5.92 Å². The number of carbonyl (C=O) groups excluding carboxylic acids is 4. The Bertz CT molecular complexity index is 754. The van der Waals surface area contributed by atoms with E-state index < -0.39 is 48.7 Å². The lowest BCUT2D eigenvalue weighted by Crippen LogP contribution is -2.48. The molecule has 0 radical (unpaired) electrons. The molecule has 0 spiro atoms. The van der Waals surface area contributed by atoms with Gasteiger partial charge in [-0.25, -0.2) is 4.79 Å². The number of imide groups is 1. The minimum atomic E-state index is -1.16. The summed E-state index contributed by atoms with van der Waals surface area (Å²) >= 11 is 0. The summed E-state index contributed by atoms with van der Waals surface area (Å²) in [6, 6.07) is 5.19. The van der Waals surface area contributed by atoms with Crippen LogP contribution in [0.3, 0.4) is 0 Å². The van der Waals surface area contributed by atoms with E-state index in [1.54, 1.807) is 12.1 Å². The van der Waals surface area contributed by atoms with E-state index >= 15 is 0 Å². The van der Waals surface area contributed by atoms with Gasteiger partial charge in [0.1, 0.15) is 12.6 Å². The van der Waals surface area contributed by atoms with Crippen molar-refractivity contribution in [3.05, 3.63) is 35.4 Å². The predicted molar refractivity (Wildman–Crippen MR) is 93.8 cm³/mol. The normalized spacial score (nSPS) is 14.1. The molecule has 0 fully saturated rings. The van der Waals surface area contributed by atoms with E-state index in [0.29, 0.717) is 0 Å². The molecule has 0 aromatic heterocycles. The van der Waals surface area contributed by atoms with Crippen molar-refractivity contribution in [3.8, 4) is 0 Å². The molecular formula is C18H21N3O6. The van der Waals surface area contributed by atoms with Gasteiger partial charge in [0, 0.05) is 0 Å². The Morgan fingerprint density at radius 3 is 2.07 bits per heavy atom. The van der Waals surface area contributed by atoms with E-state index in [-0.39, 0.29) is 23.5 Å². The smallest absolute Gasteiger partial charge is 0.326 e. The zero-order valence-corrected chi connectivity index (χ0v) is 15.0. The Morgan fingerprint density at radius 2 is 1.59 bits per heavy atom. The number of fused-ring (bicyclic) bond motifs is 1. The van der Waals surface area contributed by atoms with Crippen LogP contribution in [0, 0.1) is 5.92 Å². The van der Waals surface area contributed by atoms with Crippen molar-refractivity contribution >= 4 is 29.6 Å². The summed E-state index contributed by atoms with van der Waals surface area (Å²) in [5.74, 6) is -3.60. The van der Waals surface area contributed by atoms with Crippen molar-refractivity contribution in [2.45, 2.75) is 26.3 Å². The Hall–Kier alpha value is -3.23. The van der Waals surface area contributed by atoms with E-state index in [1.807, 2.05) is 13.8 Å². The second-order valence-electron chi connectivity index (χ2n) is 6.61. The minimum Gasteiger partial charge on any atom is -0.480 e. The highest BCUT2D eigenvalue weighted by Gasteiger charge is 2.36. The number of carboxylic acid groups (broad SMARTS) is 1. The lowest BCUT2D eigenvalue weighted by atomic mass is 10.0. The van der Waals surface area contributed by atoms with Gasteiger partial charge in [-0.05, 0) is 24.5 Å². The summed E-state index contributed by atoms with van der Waals surface area (Å²) in [7, 11) is 0. The molecule has 144 valence electrons. The third kappa shape index (κ3) is 4.90. The summed E-state index contributed by atoms with van der Waals surface area (Å²) in [4.78, 5) is 60.1. The molecule has 1 aromatic rings. The van der Waals surface area contributed by atoms with Crippen LogP contribution in [-0.2, 0) is 14.4 Å².